The van der Waals surface area contributed by atoms with E-state index in [1.165, 1.54) is 0 Å². The summed E-state index contributed by atoms with van der Waals surface area (Å²) >= 11 is 0. The van der Waals surface area contributed by atoms with Crippen molar-refractivity contribution < 1.29 is 4.79 Å². The van der Waals surface area contributed by atoms with Crippen LogP contribution in [0.25, 0.3) is 0 Å². The van der Waals surface area contributed by atoms with Crippen LogP contribution in [0, 0.1) is 5.92 Å². The number of rotatable bonds is 4. The van der Waals surface area contributed by atoms with E-state index in [0.29, 0.717) is 0 Å². The van der Waals surface area contributed by atoms with Crippen molar-refractivity contribution in [1.82, 2.24) is 4.90 Å². The van der Waals surface area contributed by atoms with Crippen molar-refractivity contribution in [2.24, 2.45) is 5.92 Å². The molecule has 0 radical (unpaired) electrons. The largest absolute Gasteiger partial charge is 0.299 e. The van der Waals surface area contributed by atoms with Crippen LogP contribution in [-0.2, 0) is 4.79 Å². The lowest BCUT2D eigenvalue weighted by atomic mass is 9.98. The topological polar surface area (TPSA) is 20.3 Å². The Balaban J connectivity index is 4.33. The fourth-order valence-electron chi connectivity index (χ4n) is 1.33. The normalized spacial score (nSPS) is 16.1. The van der Waals surface area contributed by atoms with E-state index in [9.17, 15) is 4.79 Å². The van der Waals surface area contributed by atoms with Gasteiger partial charge in [-0.2, -0.15) is 0 Å². The lowest BCUT2D eigenvalue weighted by molar-refractivity contribution is -0.122. The van der Waals surface area contributed by atoms with Crippen LogP contribution in [0.3, 0.4) is 0 Å². The van der Waals surface area contributed by atoms with E-state index >= 15 is 0 Å². The van der Waals surface area contributed by atoms with Crippen LogP contribution in [0.4, 0.5) is 0 Å². The number of carbonyl (C=O) groups is 1. The molecule has 0 saturated carbocycles. The number of nitrogens with zero attached hydrogens (tertiary/aromatic N) is 1. The Labute approximate surface area is 68.9 Å². The maximum Gasteiger partial charge on any atom is 0.147 e. The maximum atomic E-state index is 11.1. The van der Waals surface area contributed by atoms with E-state index in [0.717, 1.165) is 0 Å². The van der Waals surface area contributed by atoms with Gasteiger partial charge >= 0.3 is 0 Å². The second-order valence-electron chi connectivity index (χ2n) is 3.11. The fourth-order valence-corrected chi connectivity index (χ4v) is 1.33. The molecule has 0 aromatic heterocycles. The van der Waals surface area contributed by atoms with E-state index < -0.39 is 0 Å². The van der Waals surface area contributed by atoms with Crippen molar-refractivity contribution in [1.29, 1.82) is 0 Å². The molecule has 2 nitrogen and oxygen atoms in total. The van der Waals surface area contributed by atoms with Crippen LogP contribution < -0.4 is 0 Å². The average Bonchev–Trinajstić information content (AvgIpc) is 1.85. The summed E-state index contributed by atoms with van der Waals surface area (Å²) in [6.45, 7) is 7.28. The van der Waals surface area contributed by atoms with Crippen LogP contribution >= 0.6 is 0 Å². The number of likely N-dealkylation sites (N-methyl/N-ethyl adjacent to an activating group) is 1. The van der Waals surface area contributed by atoms with Gasteiger partial charge in [0.2, 0.25) is 0 Å². The van der Waals surface area contributed by atoms with Gasteiger partial charge in [0.25, 0.3) is 0 Å². The molecule has 0 fully saturated rings. The van der Waals surface area contributed by atoms with Crippen molar-refractivity contribution in [3.63, 3.8) is 0 Å². The van der Waals surface area contributed by atoms with Gasteiger partial charge in [0.1, 0.15) is 5.78 Å². The second-order valence-corrected chi connectivity index (χ2v) is 3.11. The Morgan fingerprint density at radius 2 is 2.00 bits per heavy atom. The first-order valence-corrected chi connectivity index (χ1v) is 3.80. The molecule has 0 spiro atoms. The van der Waals surface area contributed by atoms with Gasteiger partial charge in [0, 0.05) is 0 Å². The first-order chi connectivity index (χ1) is 5.00. The summed E-state index contributed by atoms with van der Waals surface area (Å²) in [6, 6.07) is -0.0208. The van der Waals surface area contributed by atoms with Crippen molar-refractivity contribution >= 4 is 5.78 Å². The molecule has 2 atom stereocenters. The van der Waals surface area contributed by atoms with Crippen LogP contribution in [-0.4, -0.2) is 30.8 Å². The maximum absolute atomic E-state index is 11.1. The number of Topliss-reactive ketones (excluding diaryl/α,β-unsaturated/α-hetero) is 1. The number of hydrogen-bond donors (Lipinski definition) is 0. The molecule has 1 unspecified atom stereocenters. The first kappa shape index (κ1) is 10.4. The molecule has 0 aromatic carbocycles. The van der Waals surface area contributed by atoms with Crippen LogP contribution in [0.5, 0.6) is 0 Å². The molecule has 0 bridgehead atoms. The summed E-state index contributed by atoms with van der Waals surface area (Å²) in [5.41, 5.74) is 0. The highest BCUT2D eigenvalue weighted by atomic mass is 16.1. The van der Waals surface area contributed by atoms with E-state index in [-0.39, 0.29) is 17.7 Å². The summed E-state index contributed by atoms with van der Waals surface area (Å²) in [5, 5.41) is 0. The minimum Gasteiger partial charge on any atom is -0.299 e. The standard InChI is InChI=1S/C9H17NO/c1-6-7(2)9(8(3)11)10(4)5/h6-7,9H,1H2,2-5H3/t7?,9-/m0/s1. The SMILES string of the molecule is C=CC(C)[C@@H](C(C)=O)N(C)C. The van der Waals surface area contributed by atoms with E-state index in [2.05, 4.69) is 6.58 Å². The molecule has 64 valence electrons. The quantitative estimate of drug-likeness (QED) is 0.571. The Morgan fingerprint density at radius 1 is 1.55 bits per heavy atom. The molecule has 2 heteroatoms. The zero-order valence-corrected chi connectivity index (χ0v) is 7.79. The molecule has 0 aliphatic heterocycles. The molecule has 0 aliphatic carbocycles. The molecule has 0 amide bonds. The number of carbonyl (C=O) groups excluding carboxylic acids is 1. The van der Waals surface area contributed by atoms with Gasteiger partial charge in [0.05, 0.1) is 6.04 Å². The lowest BCUT2D eigenvalue weighted by Crippen LogP contribution is -2.38. The zero-order valence-electron chi connectivity index (χ0n) is 7.79. The van der Waals surface area contributed by atoms with E-state index in [4.69, 9.17) is 0 Å². The molecule has 0 N–H and O–H groups in total. The minimum atomic E-state index is -0.0208. The van der Waals surface area contributed by atoms with Crippen molar-refractivity contribution in [3.05, 3.63) is 12.7 Å². The Bertz CT molecular complexity index is 152. The minimum absolute atomic E-state index is 0.0208. The van der Waals surface area contributed by atoms with Crippen molar-refractivity contribution in [2.75, 3.05) is 14.1 Å². The summed E-state index contributed by atoms with van der Waals surface area (Å²) in [4.78, 5) is 13.0. The van der Waals surface area contributed by atoms with Gasteiger partial charge in [-0.15, -0.1) is 6.58 Å². The number of ketones is 1. The average molecular weight is 155 g/mol. The predicted octanol–water partition coefficient (Wildman–Crippen LogP) is 1.33. The third kappa shape index (κ3) is 2.85. The molecule has 0 rings (SSSR count). The van der Waals surface area contributed by atoms with Gasteiger partial charge in [-0.05, 0) is 26.9 Å². The predicted molar refractivity (Wildman–Crippen MR) is 47.5 cm³/mol. The molecule has 0 aliphatic rings. The van der Waals surface area contributed by atoms with Crippen molar-refractivity contribution in [2.45, 2.75) is 19.9 Å². The van der Waals surface area contributed by atoms with Gasteiger partial charge in [0.15, 0.2) is 0 Å². The van der Waals surface area contributed by atoms with Crippen LogP contribution in [0.1, 0.15) is 13.8 Å². The van der Waals surface area contributed by atoms with Crippen molar-refractivity contribution in [3.8, 4) is 0 Å². The van der Waals surface area contributed by atoms with Gasteiger partial charge in [-0.3, -0.25) is 9.69 Å². The summed E-state index contributed by atoms with van der Waals surface area (Å²) < 4.78 is 0. The summed E-state index contributed by atoms with van der Waals surface area (Å²) in [7, 11) is 3.82. The smallest absolute Gasteiger partial charge is 0.147 e. The number of hydrogen-bond acceptors (Lipinski definition) is 2. The Morgan fingerprint density at radius 3 is 2.09 bits per heavy atom. The molecular formula is C9H17NO. The highest BCUT2D eigenvalue weighted by molar-refractivity contribution is 5.81. The molecule has 0 aromatic rings. The summed E-state index contributed by atoms with van der Waals surface area (Å²) in [6.07, 6.45) is 1.81. The third-order valence-electron chi connectivity index (χ3n) is 1.84. The molecule has 0 heterocycles. The fraction of sp³-hybridized carbons (Fsp3) is 0.667. The second kappa shape index (κ2) is 4.29. The first-order valence-electron chi connectivity index (χ1n) is 3.80. The Hall–Kier alpha value is -0.630. The van der Waals surface area contributed by atoms with Crippen LogP contribution in [0.2, 0.25) is 0 Å². The molecule has 11 heavy (non-hydrogen) atoms. The van der Waals surface area contributed by atoms with Crippen LogP contribution in [0.15, 0.2) is 12.7 Å². The monoisotopic (exact) mass is 155 g/mol. The van der Waals surface area contributed by atoms with Gasteiger partial charge in [-0.25, -0.2) is 0 Å². The summed E-state index contributed by atoms with van der Waals surface area (Å²) in [5.74, 6) is 0.421. The highest BCUT2D eigenvalue weighted by Crippen LogP contribution is 2.09. The highest BCUT2D eigenvalue weighted by Gasteiger charge is 2.20. The third-order valence-corrected chi connectivity index (χ3v) is 1.84. The van der Waals surface area contributed by atoms with Gasteiger partial charge < -0.3 is 0 Å². The van der Waals surface area contributed by atoms with Gasteiger partial charge in [-0.1, -0.05) is 13.0 Å². The molecule has 0 saturated heterocycles. The van der Waals surface area contributed by atoms with E-state index in [1.54, 1.807) is 6.92 Å². The Kier molecular flexibility index (Phi) is 4.04. The lowest BCUT2D eigenvalue weighted by Gasteiger charge is -2.25. The van der Waals surface area contributed by atoms with E-state index in [1.807, 2.05) is 32.0 Å². The zero-order chi connectivity index (χ0) is 9.02. The molecular weight excluding hydrogens is 138 g/mol.